The maximum atomic E-state index is 12.7. The van der Waals surface area contributed by atoms with Crippen molar-refractivity contribution in [2.75, 3.05) is 0 Å². The molecule has 0 aliphatic heterocycles. The zero-order chi connectivity index (χ0) is 19.2. The third kappa shape index (κ3) is 3.43. The lowest BCUT2D eigenvalue weighted by molar-refractivity contribution is 0.560. The highest BCUT2D eigenvalue weighted by molar-refractivity contribution is 7.89. The maximum absolute atomic E-state index is 12.7. The highest BCUT2D eigenvalue weighted by atomic mass is 32.2. The van der Waals surface area contributed by atoms with Crippen LogP contribution in [0.5, 0.6) is 0 Å². The molecule has 0 unspecified atom stereocenters. The Morgan fingerprint density at radius 2 is 2.04 bits per heavy atom. The Hall–Kier alpha value is -2.42. The van der Waals surface area contributed by atoms with Crippen molar-refractivity contribution in [3.8, 4) is 0 Å². The number of H-pyrrole nitrogens is 2. The number of thiazole rings is 1. The van der Waals surface area contributed by atoms with E-state index in [4.69, 9.17) is 0 Å². The van der Waals surface area contributed by atoms with Crippen molar-refractivity contribution in [1.29, 1.82) is 0 Å². The fourth-order valence-corrected chi connectivity index (χ4v) is 5.45. The van der Waals surface area contributed by atoms with Gasteiger partial charge < -0.3 is 9.97 Å². The van der Waals surface area contributed by atoms with Crippen LogP contribution in [-0.4, -0.2) is 24.4 Å². The number of para-hydroxylation sites is 1. The molecule has 140 valence electrons. The largest absolute Gasteiger partial charge is 0.361 e. The van der Waals surface area contributed by atoms with E-state index >= 15 is 0 Å². The molecule has 0 radical (unpaired) electrons. The van der Waals surface area contributed by atoms with Crippen LogP contribution >= 0.6 is 11.3 Å². The summed E-state index contributed by atoms with van der Waals surface area (Å²) in [5.41, 5.74) is 3.95. The number of rotatable bonds is 5. The van der Waals surface area contributed by atoms with Crippen molar-refractivity contribution in [3.63, 3.8) is 0 Å². The molecule has 0 aliphatic rings. The summed E-state index contributed by atoms with van der Waals surface area (Å²) in [4.78, 5) is 17.3. The van der Waals surface area contributed by atoms with Gasteiger partial charge in [0, 0.05) is 23.1 Å². The molecule has 2 heterocycles. The number of hydrogen-bond donors (Lipinski definition) is 3. The molecule has 27 heavy (non-hydrogen) atoms. The lowest BCUT2D eigenvalue weighted by Crippen LogP contribution is -2.34. The van der Waals surface area contributed by atoms with Crippen LogP contribution < -0.4 is 9.60 Å². The molecular weight excluding hydrogens is 382 g/mol. The number of aromatic nitrogens is 2. The second kappa shape index (κ2) is 6.63. The smallest absolute Gasteiger partial charge is 0.305 e. The van der Waals surface area contributed by atoms with Crippen LogP contribution in [0.15, 0.2) is 52.3 Å². The third-order valence-electron chi connectivity index (χ3n) is 4.59. The fraction of sp³-hybridized carbons (Fsp3) is 0.211. The van der Waals surface area contributed by atoms with Gasteiger partial charge >= 0.3 is 4.87 Å². The SMILES string of the molecule is Cc1cccc2c(C[C@H](C)NS(=O)(=O)c3ccc4[nH]c(=O)sc4c3)c[nH]c12. The number of nitrogens with one attached hydrogen (secondary N) is 3. The third-order valence-corrected chi connectivity index (χ3v) is 7.03. The normalized spacial score (nSPS) is 13.4. The summed E-state index contributed by atoms with van der Waals surface area (Å²) < 4.78 is 28.8. The molecule has 0 amide bonds. The first-order chi connectivity index (χ1) is 12.8. The van der Waals surface area contributed by atoms with Gasteiger partial charge in [0.05, 0.1) is 15.1 Å². The van der Waals surface area contributed by atoms with Gasteiger partial charge in [-0.25, -0.2) is 13.1 Å². The number of sulfonamides is 1. The van der Waals surface area contributed by atoms with Gasteiger partial charge in [-0.3, -0.25) is 4.79 Å². The predicted octanol–water partition coefficient (Wildman–Crippen LogP) is 3.29. The summed E-state index contributed by atoms with van der Waals surface area (Å²) in [6.45, 7) is 3.89. The summed E-state index contributed by atoms with van der Waals surface area (Å²) in [6, 6.07) is 10.5. The first-order valence-corrected chi connectivity index (χ1v) is 10.8. The Morgan fingerprint density at radius 1 is 1.22 bits per heavy atom. The molecule has 4 rings (SSSR count). The summed E-state index contributed by atoms with van der Waals surface area (Å²) in [6.07, 6.45) is 2.51. The molecule has 6 nitrogen and oxygen atoms in total. The van der Waals surface area contributed by atoms with Crippen molar-refractivity contribution < 1.29 is 8.42 Å². The minimum absolute atomic E-state index is 0.159. The molecule has 0 saturated heterocycles. The fourth-order valence-electron chi connectivity index (χ4n) is 3.33. The zero-order valence-corrected chi connectivity index (χ0v) is 16.5. The van der Waals surface area contributed by atoms with Gasteiger partial charge in [-0.2, -0.15) is 0 Å². The molecule has 0 saturated carbocycles. The van der Waals surface area contributed by atoms with Crippen molar-refractivity contribution >= 4 is 42.5 Å². The number of fused-ring (bicyclic) bond motifs is 2. The Labute approximate surface area is 160 Å². The van der Waals surface area contributed by atoms with Crippen LogP contribution in [-0.2, 0) is 16.4 Å². The standard InChI is InChI=1S/C19H19N3O3S2/c1-11-4-3-5-15-13(10-20-18(11)15)8-12(2)22-27(24,25)14-6-7-16-17(9-14)26-19(23)21-16/h3-7,9-10,12,20,22H,8H2,1-2H3,(H,21,23)/t12-/m0/s1. The Bertz CT molecular complexity index is 1300. The van der Waals surface area contributed by atoms with E-state index < -0.39 is 10.0 Å². The molecule has 2 aromatic carbocycles. The molecule has 8 heteroatoms. The number of benzene rings is 2. The first-order valence-electron chi connectivity index (χ1n) is 8.54. The minimum Gasteiger partial charge on any atom is -0.361 e. The highest BCUT2D eigenvalue weighted by Gasteiger charge is 2.19. The summed E-state index contributed by atoms with van der Waals surface area (Å²) in [7, 11) is -3.68. The number of aryl methyl sites for hydroxylation is 1. The van der Waals surface area contributed by atoms with Gasteiger partial charge in [0.15, 0.2) is 0 Å². The van der Waals surface area contributed by atoms with Gasteiger partial charge in [-0.05, 0) is 49.6 Å². The molecule has 4 aromatic rings. The van der Waals surface area contributed by atoms with Gasteiger partial charge in [-0.1, -0.05) is 29.5 Å². The van der Waals surface area contributed by atoms with E-state index in [9.17, 15) is 13.2 Å². The molecule has 0 bridgehead atoms. The lowest BCUT2D eigenvalue weighted by atomic mass is 10.1. The quantitative estimate of drug-likeness (QED) is 0.479. The van der Waals surface area contributed by atoms with Gasteiger partial charge in [-0.15, -0.1) is 0 Å². The lowest BCUT2D eigenvalue weighted by Gasteiger charge is -2.14. The van der Waals surface area contributed by atoms with E-state index in [0.717, 1.165) is 33.4 Å². The van der Waals surface area contributed by atoms with Crippen LogP contribution in [0.1, 0.15) is 18.1 Å². The van der Waals surface area contributed by atoms with E-state index in [1.165, 1.54) is 12.1 Å². The van der Waals surface area contributed by atoms with Crippen LogP contribution in [0.2, 0.25) is 0 Å². The van der Waals surface area contributed by atoms with Crippen LogP contribution in [0.4, 0.5) is 0 Å². The van der Waals surface area contributed by atoms with Crippen molar-refractivity contribution in [2.24, 2.45) is 0 Å². The summed E-state index contributed by atoms with van der Waals surface area (Å²) in [5.74, 6) is 0. The average molecular weight is 402 g/mol. The van der Waals surface area contributed by atoms with Crippen molar-refractivity contribution in [2.45, 2.75) is 31.2 Å². The monoisotopic (exact) mass is 401 g/mol. The zero-order valence-electron chi connectivity index (χ0n) is 14.9. The van der Waals surface area contributed by atoms with E-state index in [2.05, 4.69) is 14.7 Å². The highest BCUT2D eigenvalue weighted by Crippen LogP contribution is 2.23. The molecule has 0 fully saturated rings. The van der Waals surface area contributed by atoms with Crippen molar-refractivity contribution in [3.05, 3.63) is 63.4 Å². The Kier molecular flexibility index (Phi) is 4.41. The van der Waals surface area contributed by atoms with E-state index in [0.29, 0.717) is 16.6 Å². The maximum Gasteiger partial charge on any atom is 0.305 e. The first kappa shape index (κ1) is 18.0. The van der Waals surface area contributed by atoms with Gasteiger partial charge in [0.1, 0.15) is 0 Å². The van der Waals surface area contributed by atoms with Crippen LogP contribution in [0, 0.1) is 6.92 Å². The Morgan fingerprint density at radius 3 is 2.85 bits per heavy atom. The van der Waals surface area contributed by atoms with Crippen molar-refractivity contribution in [1.82, 2.24) is 14.7 Å². The van der Waals surface area contributed by atoms with E-state index in [-0.39, 0.29) is 15.8 Å². The number of hydrogen-bond acceptors (Lipinski definition) is 4. The molecule has 0 aliphatic carbocycles. The second-order valence-electron chi connectivity index (χ2n) is 6.71. The molecule has 0 spiro atoms. The number of aromatic amines is 2. The average Bonchev–Trinajstić information content (AvgIpc) is 3.17. The summed E-state index contributed by atoms with van der Waals surface area (Å²) in [5, 5.41) is 1.11. The van der Waals surface area contributed by atoms with E-state index in [1.807, 2.05) is 38.2 Å². The second-order valence-corrected chi connectivity index (χ2v) is 9.44. The molecule has 2 aromatic heterocycles. The van der Waals surface area contributed by atoms with Crippen LogP contribution in [0.3, 0.4) is 0 Å². The molecular formula is C19H19N3O3S2. The molecule has 3 N–H and O–H groups in total. The minimum atomic E-state index is -3.68. The van der Waals surface area contributed by atoms with E-state index in [1.54, 1.807) is 6.07 Å². The van der Waals surface area contributed by atoms with Gasteiger partial charge in [0.25, 0.3) is 0 Å². The molecule has 1 atom stereocenters. The topological polar surface area (TPSA) is 94.8 Å². The Balaban J connectivity index is 1.57. The van der Waals surface area contributed by atoms with Gasteiger partial charge in [0.2, 0.25) is 10.0 Å². The predicted molar refractivity (Wildman–Crippen MR) is 109 cm³/mol. The summed E-state index contributed by atoms with van der Waals surface area (Å²) >= 11 is 1.00. The van der Waals surface area contributed by atoms with Crippen LogP contribution in [0.25, 0.3) is 21.1 Å².